The Hall–Kier alpha value is -1.66. The Morgan fingerprint density at radius 2 is 2.10 bits per heavy atom. The third-order valence-corrected chi connectivity index (χ3v) is 4.62. The normalized spacial score (nSPS) is 13.5. The van der Waals surface area contributed by atoms with E-state index in [1.165, 1.54) is 12.1 Å². The standard InChI is InChI=1S/C15H21NO4S/c1-4-5-12(3)16-21(19,20)14-8-6-13(11(2)10-14)7-9-15(17)18/h6-10,12,16H,4-5H2,1-3H3,(H,17,18). The van der Waals surface area contributed by atoms with Crippen molar-refractivity contribution in [2.24, 2.45) is 0 Å². The molecule has 0 radical (unpaired) electrons. The summed E-state index contributed by atoms with van der Waals surface area (Å²) in [6.45, 7) is 5.58. The van der Waals surface area contributed by atoms with Gasteiger partial charge in [0.1, 0.15) is 0 Å². The van der Waals surface area contributed by atoms with Gasteiger partial charge in [0.25, 0.3) is 0 Å². The van der Waals surface area contributed by atoms with Crippen LogP contribution in [0.3, 0.4) is 0 Å². The number of aryl methyl sites for hydroxylation is 1. The fourth-order valence-electron chi connectivity index (χ4n) is 1.99. The number of hydrogen-bond donors (Lipinski definition) is 2. The molecule has 6 heteroatoms. The van der Waals surface area contributed by atoms with E-state index in [1.807, 2.05) is 13.8 Å². The van der Waals surface area contributed by atoms with Crippen LogP contribution in [0.1, 0.15) is 37.8 Å². The zero-order valence-corrected chi connectivity index (χ0v) is 13.3. The molecule has 1 aromatic rings. The minimum atomic E-state index is -3.54. The van der Waals surface area contributed by atoms with Gasteiger partial charge in [0, 0.05) is 12.1 Å². The number of rotatable bonds is 7. The molecule has 0 aromatic heterocycles. The lowest BCUT2D eigenvalue weighted by atomic mass is 10.1. The SMILES string of the molecule is CCCC(C)NS(=O)(=O)c1ccc(C=CC(=O)O)c(C)c1. The molecule has 2 N–H and O–H groups in total. The van der Waals surface area contributed by atoms with Gasteiger partial charge in [-0.1, -0.05) is 19.4 Å². The molecular weight excluding hydrogens is 290 g/mol. The summed E-state index contributed by atoms with van der Waals surface area (Å²) in [6.07, 6.45) is 4.15. The lowest BCUT2D eigenvalue weighted by Gasteiger charge is -2.14. The molecule has 0 heterocycles. The molecule has 0 spiro atoms. The van der Waals surface area contributed by atoms with Crippen molar-refractivity contribution < 1.29 is 18.3 Å². The van der Waals surface area contributed by atoms with Gasteiger partial charge in [0.05, 0.1) is 4.90 Å². The first kappa shape index (κ1) is 17.4. The van der Waals surface area contributed by atoms with Crippen LogP contribution in [0, 0.1) is 6.92 Å². The Bertz CT molecular complexity index is 635. The van der Waals surface area contributed by atoms with Crippen LogP contribution < -0.4 is 4.72 Å². The largest absolute Gasteiger partial charge is 0.478 e. The Kier molecular flexibility index (Phi) is 6.11. The summed E-state index contributed by atoms with van der Waals surface area (Å²) in [5.74, 6) is -1.04. The minimum Gasteiger partial charge on any atom is -0.478 e. The molecule has 0 saturated carbocycles. The summed E-state index contributed by atoms with van der Waals surface area (Å²) in [7, 11) is -3.54. The highest BCUT2D eigenvalue weighted by Gasteiger charge is 2.17. The van der Waals surface area contributed by atoms with E-state index in [4.69, 9.17) is 5.11 Å². The van der Waals surface area contributed by atoms with Crippen molar-refractivity contribution in [1.82, 2.24) is 4.72 Å². The summed E-state index contributed by atoms with van der Waals surface area (Å²) < 4.78 is 27.1. The van der Waals surface area contributed by atoms with E-state index in [1.54, 1.807) is 19.1 Å². The van der Waals surface area contributed by atoms with Crippen LogP contribution in [0.4, 0.5) is 0 Å². The van der Waals surface area contributed by atoms with E-state index in [-0.39, 0.29) is 10.9 Å². The number of carboxylic acids is 1. The second-order valence-corrected chi connectivity index (χ2v) is 6.71. The molecular formula is C15H21NO4S. The highest BCUT2D eigenvalue weighted by molar-refractivity contribution is 7.89. The maximum absolute atomic E-state index is 12.2. The molecule has 0 bridgehead atoms. The zero-order chi connectivity index (χ0) is 16.0. The third kappa shape index (κ3) is 5.32. The van der Waals surface area contributed by atoms with Gasteiger partial charge in [-0.05, 0) is 49.6 Å². The maximum Gasteiger partial charge on any atom is 0.328 e. The Labute approximate surface area is 125 Å². The Balaban J connectivity index is 3.00. The van der Waals surface area contributed by atoms with Crippen molar-refractivity contribution in [3.63, 3.8) is 0 Å². The van der Waals surface area contributed by atoms with Crippen LogP contribution in [0.15, 0.2) is 29.2 Å². The maximum atomic E-state index is 12.2. The third-order valence-electron chi connectivity index (χ3n) is 3.04. The zero-order valence-electron chi connectivity index (χ0n) is 12.5. The molecule has 5 nitrogen and oxygen atoms in total. The van der Waals surface area contributed by atoms with Crippen LogP contribution in [-0.4, -0.2) is 25.5 Å². The monoisotopic (exact) mass is 311 g/mol. The number of carbonyl (C=O) groups is 1. The fraction of sp³-hybridized carbons (Fsp3) is 0.400. The number of nitrogens with one attached hydrogen (secondary N) is 1. The Morgan fingerprint density at radius 1 is 1.43 bits per heavy atom. The number of aliphatic carboxylic acids is 1. The van der Waals surface area contributed by atoms with Crippen molar-refractivity contribution in [1.29, 1.82) is 0 Å². The van der Waals surface area contributed by atoms with Crippen LogP contribution in [0.25, 0.3) is 6.08 Å². The molecule has 0 aliphatic carbocycles. The summed E-state index contributed by atoms with van der Waals surface area (Å²) in [5, 5.41) is 8.61. The van der Waals surface area contributed by atoms with Crippen LogP contribution in [0.5, 0.6) is 0 Å². The summed E-state index contributed by atoms with van der Waals surface area (Å²) in [6, 6.07) is 4.51. The first-order valence-corrected chi connectivity index (χ1v) is 8.28. The highest BCUT2D eigenvalue weighted by Crippen LogP contribution is 2.17. The van der Waals surface area contributed by atoms with Crippen molar-refractivity contribution in [3.05, 3.63) is 35.4 Å². The highest BCUT2D eigenvalue weighted by atomic mass is 32.2. The van der Waals surface area contributed by atoms with Gasteiger partial charge in [0.15, 0.2) is 0 Å². The van der Waals surface area contributed by atoms with Gasteiger partial charge >= 0.3 is 5.97 Å². The minimum absolute atomic E-state index is 0.119. The van der Waals surface area contributed by atoms with E-state index in [2.05, 4.69) is 4.72 Å². The van der Waals surface area contributed by atoms with Crippen LogP contribution >= 0.6 is 0 Å². The molecule has 0 fully saturated rings. The first-order valence-electron chi connectivity index (χ1n) is 6.80. The van der Waals surface area contributed by atoms with E-state index < -0.39 is 16.0 Å². The van der Waals surface area contributed by atoms with E-state index in [0.717, 1.165) is 18.9 Å². The molecule has 21 heavy (non-hydrogen) atoms. The average Bonchev–Trinajstić information content (AvgIpc) is 2.36. The summed E-state index contributed by atoms with van der Waals surface area (Å²) >= 11 is 0. The first-order chi connectivity index (χ1) is 9.76. The predicted molar refractivity (Wildman–Crippen MR) is 82.5 cm³/mol. The molecule has 0 aliphatic heterocycles. The second-order valence-electron chi connectivity index (χ2n) is 5.00. The van der Waals surface area contributed by atoms with Gasteiger partial charge in [-0.25, -0.2) is 17.9 Å². The number of carboxylic acid groups (broad SMARTS) is 1. The van der Waals surface area contributed by atoms with Gasteiger partial charge in [-0.15, -0.1) is 0 Å². The van der Waals surface area contributed by atoms with Crippen molar-refractivity contribution in [2.45, 2.75) is 44.6 Å². The second kappa shape index (κ2) is 7.38. The predicted octanol–water partition coefficient (Wildman–Crippen LogP) is 2.56. The molecule has 0 amide bonds. The molecule has 1 rings (SSSR count). The van der Waals surface area contributed by atoms with E-state index in [9.17, 15) is 13.2 Å². The quantitative estimate of drug-likeness (QED) is 0.758. The smallest absolute Gasteiger partial charge is 0.328 e. The fourth-order valence-corrected chi connectivity index (χ4v) is 3.35. The summed E-state index contributed by atoms with van der Waals surface area (Å²) in [5.41, 5.74) is 1.39. The van der Waals surface area contributed by atoms with Crippen molar-refractivity contribution in [2.75, 3.05) is 0 Å². The van der Waals surface area contributed by atoms with Gasteiger partial charge < -0.3 is 5.11 Å². The van der Waals surface area contributed by atoms with Gasteiger partial charge in [-0.2, -0.15) is 0 Å². The Morgan fingerprint density at radius 3 is 2.62 bits per heavy atom. The average molecular weight is 311 g/mol. The molecule has 1 atom stereocenters. The molecule has 0 saturated heterocycles. The topological polar surface area (TPSA) is 83.5 Å². The number of hydrogen-bond acceptors (Lipinski definition) is 3. The van der Waals surface area contributed by atoms with Crippen LogP contribution in [-0.2, 0) is 14.8 Å². The van der Waals surface area contributed by atoms with Gasteiger partial charge in [0.2, 0.25) is 10.0 Å². The van der Waals surface area contributed by atoms with Crippen molar-refractivity contribution >= 4 is 22.1 Å². The lowest BCUT2D eigenvalue weighted by Crippen LogP contribution is -2.32. The number of sulfonamides is 1. The molecule has 1 aromatic carbocycles. The van der Waals surface area contributed by atoms with E-state index in [0.29, 0.717) is 11.1 Å². The van der Waals surface area contributed by atoms with Crippen molar-refractivity contribution in [3.8, 4) is 0 Å². The molecule has 1 unspecified atom stereocenters. The summed E-state index contributed by atoms with van der Waals surface area (Å²) in [4.78, 5) is 10.7. The van der Waals surface area contributed by atoms with Crippen LogP contribution in [0.2, 0.25) is 0 Å². The van der Waals surface area contributed by atoms with Gasteiger partial charge in [-0.3, -0.25) is 0 Å². The molecule has 116 valence electrons. The lowest BCUT2D eigenvalue weighted by molar-refractivity contribution is -0.131. The molecule has 0 aliphatic rings. The van der Waals surface area contributed by atoms with E-state index >= 15 is 0 Å². The number of benzene rings is 1.